The van der Waals surface area contributed by atoms with Gasteiger partial charge in [-0.3, -0.25) is 10.9 Å². The molecule has 22 heavy (non-hydrogen) atoms. The fourth-order valence-corrected chi connectivity index (χ4v) is 1.98. The van der Waals surface area contributed by atoms with Crippen molar-refractivity contribution in [2.24, 2.45) is 0 Å². The minimum Gasteiger partial charge on any atom is -0.478 e. The molecule has 0 heterocycles. The highest BCUT2D eigenvalue weighted by Gasteiger charge is 2.02. The third kappa shape index (κ3) is 4.20. The van der Waals surface area contributed by atoms with Gasteiger partial charge in [0.05, 0.1) is 11.3 Å². The maximum absolute atomic E-state index is 10.8. The molecule has 0 aromatic heterocycles. The Morgan fingerprint density at radius 1 is 1.00 bits per heavy atom. The Morgan fingerprint density at radius 3 is 2.23 bits per heavy atom. The Bertz CT molecular complexity index is 699. The Kier molecular flexibility index (Phi) is 4.95. The average molecular weight is 315 g/mol. The lowest BCUT2D eigenvalue weighted by molar-refractivity contribution is 0.0697. The van der Waals surface area contributed by atoms with Gasteiger partial charge in [-0.1, -0.05) is 6.07 Å². The summed E-state index contributed by atoms with van der Waals surface area (Å²) in [4.78, 5) is 10.8. The standard InChI is InChI=1S/C16H17N3O2S/c1-10-3-6-14(9-11(10)2)17-16(22)19-18-13-7-4-12(5-8-13)15(20)21/h3-9,18H,1-2H3,(H,20,21)(H2,17,19,22). The first kappa shape index (κ1) is 15.8. The van der Waals surface area contributed by atoms with Gasteiger partial charge in [0.15, 0.2) is 5.11 Å². The Morgan fingerprint density at radius 2 is 1.64 bits per heavy atom. The first-order valence-corrected chi connectivity index (χ1v) is 7.10. The van der Waals surface area contributed by atoms with E-state index in [1.807, 2.05) is 25.1 Å². The van der Waals surface area contributed by atoms with Gasteiger partial charge in [-0.05, 0) is 73.6 Å². The normalized spacial score (nSPS) is 9.91. The number of carboxylic acids is 1. The number of benzene rings is 2. The lowest BCUT2D eigenvalue weighted by Crippen LogP contribution is -2.33. The van der Waals surface area contributed by atoms with Crippen LogP contribution in [-0.2, 0) is 0 Å². The smallest absolute Gasteiger partial charge is 0.335 e. The number of aryl methyl sites for hydroxylation is 2. The number of hydrazine groups is 1. The number of nitrogens with one attached hydrogen (secondary N) is 3. The lowest BCUT2D eigenvalue weighted by atomic mass is 10.1. The third-order valence-electron chi connectivity index (χ3n) is 3.22. The van der Waals surface area contributed by atoms with Crippen LogP contribution >= 0.6 is 12.2 Å². The van der Waals surface area contributed by atoms with Gasteiger partial charge < -0.3 is 10.4 Å². The van der Waals surface area contributed by atoms with Crippen molar-refractivity contribution >= 4 is 34.7 Å². The van der Waals surface area contributed by atoms with Crippen molar-refractivity contribution in [2.75, 3.05) is 10.7 Å². The van der Waals surface area contributed by atoms with Crippen LogP contribution in [0.5, 0.6) is 0 Å². The molecule has 0 aliphatic rings. The second-order valence-electron chi connectivity index (χ2n) is 4.89. The maximum atomic E-state index is 10.8. The fourth-order valence-electron chi connectivity index (χ4n) is 1.81. The van der Waals surface area contributed by atoms with Gasteiger partial charge in [-0.2, -0.15) is 0 Å². The summed E-state index contributed by atoms with van der Waals surface area (Å²) < 4.78 is 0. The molecule has 5 nitrogen and oxygen atoms in total. The molecule has 2 aromatic rings. The van der Waals surface area contributed by atoms with Crippen LogP contribution in [0.2, 0.25) is 0 Å². The van der Waals surface area contributed by atoms with Gasteiger partial charge in [-0.25, -0.2) is 4.79 Å². The van der Waals surface area contributed by atoms with Gasteiger partial charge in [0.1, 0.15) is 0 Å². The summed E-state index contributed by atoms with van der Waals surface area (Å²) in [6.07, 6.45) is 0. The number of carboxylic acid groups (broad SMARTS) is 1. The van der Waals surface area contributed by atoms with Crippen LogP contribution in [0.3, 0.4) is 0 Å². The van der Waals surface area contributed by atoms with E-state index in [4.69, 9.17) is 17.3 Å². The van der Waals surface area contributed by atoms with E-state index in [9.17, 15) is 4.79 Å². The molecule has 0 aliphatic heterocycles. The van der Waals surface area contributed by atoms with Gasteiger partial charge in [0.25, 0.3) is 0 Å². The summed E-state index contributed by atoms with van der Waals surface area (Å²) in [5.74, 6) is -0.952. The predicted molar refractivity (Wildman–Crippen MR) is 92.3 cm³/mol. The van der Waals surface area contributed by atoms with Crippen molar-refractivity contribution in [3.63, 3.8) is 0 Å². The molecule has 0 atom stereocenters. The number of carbonyl (C=O) groups is 1. The number of rotatable bonds is 4. The molecule has 0 fully saturated rings. The monoisotopic (exact) mass is 315 g/mol. The molecule has 0 radical (unpaired) electrons. The molecular weight excluding hydrogens is 298 g/mol. The zero-order valence-electron chi connectivity index (χ0n) is 12.3. The SMILES string of the molecule is Cc1ccc(NC(=S)NNc2ccc(C(=O)O)cc2)cc1C. The zero-order chi connectivity index (χ0) is 16.1. The van der Waals surface area contributed by atoms with Crippen LogP contribution in [0.4, 0.5) is 11.4 Å². The largest absolute Gasteiger partial charge is 0.478 e. The number of aromatic carboxylic acids is 1. The Balaban J connectivity index is 1.89. The highest BCUT2D eigenvalue weighted by atomic mass is 32.1. The average Bonchev–Trinajstić information content (AvgIpc) is 2.49. The van der Waals surface area contributed by atoms with Gasteiger partial charge in [0.2, 0.25) is 0 Å². The number of hydrogen-bond donors (Lipinski definition) is 4. The Labute approximate surface area is 134 Å². The van der Waals surface area contributed by atoms with Crippen molar-refractivity contribution < 1.29 is 9.90 Å². The maximum Gasteiger partial charge on any atom is 0.335 e. The highest BCUT2D eigenvalue weighted by molar-refractivity contribution is 7.80. The molecule has 114 valence electrons. The summed E-state index contributed by atoms with van der Waals surface area (Å²) in [6.45, 7) is 4.09. The van der Waals surface area contributed by atoms with Crippen molar-refractivity contribution in [1.29, 1.82) is 0 Å². The summed E-state index contributed by atoms with van der Waals surface area (Å²) in [5, 5.41) is 12.3. The summed E-state index contributed by atoms with van der Waals surface area (Å²) in [6, 6.07) is 12.4. The summed E-state index contributed by atoms with van der Waals surface area (Å²) in [7, 11) is 0. The molecule has 0 aliphatic carbocycles. The van der Waals surface area contributed by atoms with Crippen molar-refractivity contribution in [3.05, 3.63) is 59.2 Å². The number of hydrogen-bond acceptors (Lipinski definition) is 3. The summed E-state index contributed by atoms with van der Waals surface area (Å²) >= 11 is 5.20. The number of thiocarbonyl (C=S) groups is 1. The van der Waals surface area contributed by atoms with Crippen molar-refractivity contribution in [3.8, 4) is 0 Å². The van der Waals surface area contributed by atoms with Crippen molar-refractivity contribution in [2.45, 2.75) is 13.8 Å². The van der Waals surface area contributed by atoms with Crippen molar-refractivity contribution in [1.82, 2.24) is 5.43 Å². The van der Waals surface area contributed by atoms with E-state index in [0.29, 0.717) is 10.8 Å². The Hall–Kier alpha value is -2.60. The molecule has 0 unspecified atom stereocenters. The molecule has 4 N–H and O–H groups in total. The van der Waals surface area contributed by atoms with Crippen LogP contribution in [-0.4, -0.2) is 16.2 Å². The molecule has 2 rings (SSSR count). The molecule has 6 heteroatoms. The minimum absolute atomic E-state index is 0.237. The first-order valence-electron chi connectivity index (χ1n) is 6.69. The minimum atomic E-state index is -0.952. The van der Waals surface area contributed by atoms with E-state index in [1.54, 1.807) is 12.1 Å². The van der Waals surface area contributed by atoms with E-state index in [-0.39, 0.29) is 5.56 Å². The first-order chi connectivity index (χ1) is 10.5. The van der Waals surface area contributed by atoms with Crippen LogP contribution in [0, 0.1) is 13.8 Å². The van der Waals surface area contributed by atoms with E-state index < -0.39 is 5.97 Å². The van der Waals surface area contributed by atoms with E-state index in [0.717, 1.165) is 5.69 Å². The molecule has 0 bridgehead atoms. The molecule has 0 saturated carbocycles. The second-order valence-corrected chi connectivity index (χ2v) is 5.29. The van der Waals surface area contributed by atoms with Gasteiger partial charge in [0, 0.05) is 5.69 Å². The quantitative estimate of drug-likeness (QED) is 0.512. The van der Waals surface area contributed by atoms with E-state index >= 15 is 0 Å². The van der Waals surface area contributed by atoms with Crippen LogP contribution < -0.4 is 16.2 Å². The summed E-state index contributed by atoms with van der Waals surface area (Å²) in [5.41, 5.74) is 10.0. The third-order valence-corrected chi connectivity index (χ3v) is 3.42. The molecule has 2 aromatic carbocycles. The zero-order valence-corrected chi connectivity index (χ0v) is 13.1. The van der Waals surface area contributed by atoms with Crippen LogP contribution in [0.15, 0.2) is 42.5 Å². The predicted octanol–water partition coefficient (Wildman–Crippen LogP) is 3.32. The van der Waals surface area contributed by atoms with Gasteiger partial charge >= 0.3 is 5.97 Å². The number of anilines is 2. The highest BCUT2D eigenvalue weighted by Crippen LogP contribution is 2.14. The van der Waals surface area contributed by atoms with E-state index in [2.05, 4.69) is 23.1 Å². The lowest BCUT2D eigenvalue weighted by Gasteiger charge is -2.13. The molecule has 0 amide bonds. The molecular formula is C16H17N3O2S. The fraction of sp³-hybridized carbons (Fsp3) is 0.125. The van der Waals surface area contributed by atoms with Crippen LogP contribution in [0.25, 0.3) is 0 Å². The second kappa shape index (κ2) is 6.91. The molecule has 0 saturated heterocycles. The van der Waals surface area contributed by atoms with E-state index in [1.165, 1.54) is 23.3 Å². The van der Waals surface area contributed by atoms with Gasteiger partial charge in [-0.15, -0.1) is 0 Å². The topological polar surface area (TPSA) is 73.4 Å². The molecule has 0 spiro atoms. The van der Waals surface area contributed by atoms with Crippen LogP contribution in [0.1, 0.15) is 21.5 Å².